The predicted molar refractivity (Wildman–Crippen MR) is 110 cm³/mol. The minimum Gasteiger partial charge on any atom is -0.458 e. The Kier molecular flexibility index (Phi) is 4.28. The fourth-order valence-corrected chi connectivity index (χ4v) is 4.83. The molecule has 0 aliphatic heterocycles. The molecule has 3 aromatic carbocycles. The molecule has 0 N–H and O–H groups in total. The van der Waals surface area contributed by atoms with Gasteiger partial charge in [0.2, 0.25) is 0 Å². The highest BCUT2D eigenvalue weighted by atomic mass is 16.6. The number of carbonyl (C=O) groups is 1. The molecule has 3 aliphatic carbocycles. The molecule has 0 saturated heterocycles. The first-order valence-electron chi connectivity index (χ1n) is 9.76. The van der Waals surface area contributed by atoms with E-state index in [1.807, 2.05) is 36.4 Å². The van der Waals surface area contributed by atoms with Gasteiger partial charge in [-0.05, 0) is 28.7 Å². The Hall–Kier alpha value is -4.07. The van der Waals surface area contributed by atoms with Crippen molar-refractivity contribution in [1.29, 1.82) is 0 Å². The highest BCUT2D eigenvalue weighted by Crippen LogP contribution is 2.53. The topological polar surface area (TPSA) is 113 Å². The third-order valence-electron chi connectivity index (χ3n) is 6.07. The number of nitro groups is 2. The van der Waals surface area contributed by atoms with E-state index in [-0.39, 0.29) is 17.4 Å². The van der Waals surface area contributed by atoms with E-state index in [4.69, 9.17) is 4.74 Å². The maximum atomic E-state index is 12.9. The quantitative estimate of drug-likeness (QED) is 0.346. The monoisotopic (exact) mass is 416 g/mol. The maximum Gasteiger partial charge on any atom is 0.338 e. The number of hydrogen-bond acceptors (Lipinski definition) is 6. The third-order valence-corrected chi connectivity index (χ3v) is 6.07. The van der Waals surface area contributed by atoms with Crippen LogP contribution in [0.2, 0.25) is 0 Å². The van der Waals surface area contributed by atoms with Crippen molar-refractivity contribution in [2.75, 3.05) is 0 Å². The standard InChI is InChI=1S/C23H16N2O6/c26-23(13-9-14(24(27)28)11-15(10-13)25(29)30)31-21-12-20-16-5-1-3-7-18(16)22(21)19-8-4-2-6-17(19)20/h1-11,20-22H,12H2/t20?,21-,22?/m1/s1. The van der Waals surface area contributed by atoms with Crippen molar-refractivity contribution < 1.29 is 19.4 Å². The Morgan fingerprint density at radius 3 is 1.77 bits per heavy atom. The molecule has 8 heteroatoms. The van der Waals surface area contributed by atoms with Crippen LogP contribution >= 0.6 is 0 Å². The number of esters is 1. The second-order valence-electron chi connectivity index (χ2n) is 7.72. The van der Waals surface area contributed by atoms with E-state index in [0.29, 0.717) is 6.42 Å². The van der Waals surface area contributed by atoms with Crippen LogP contribution in [-0.4, -0.2) is 21.9 Å². The van der Waals surface area contributed by atoms with Gasteiger partial charge in [-0.2, -0.15) is 0 Å². The van der Waals surface area contributed by atoms with Crippen molar-refractivity contribution in [3.8, 4) is 0 Å². The molecule has 3 aromatic rings. The average Bonchev–Trinajstić information content (AvgIpc) is 2.79. The number of hydrogen-bond donors (Lipinski definition) is 0. The van der Waals surface area contributed by atoms with E-state index < -0.39 is 33.3 Å². The lowest BCUT2D eigenvalue weighted by atomic mass is 9.62. The summed E-state index contributed by atoms with van der Waals surface area (Å²) in [6.07, 6.45) is 0.113. The van der Waals surface area contributed by atoms with Crippen LogP contribution in [0.5, 0.6) is 0 Å². The maximum absolute atomic E-state index is 12.9. The van der Waals surface area contributed by atoms with Crippen molar-refractivity contribution in [3.05, 3.63) is 115 Å². The zero-order chi connectivity index (χ0) is 21.7. The molecule has 0 heterocycles. The fourth-order valence-electron chi connectivity index (χ4n) is 4.83. The zero-order valence-electron chi connectivity index (χ0n) is 16.1. The first-order chi connectivity index (χ1) is 14.9. The summed E-state index contributed by atoms with van der Waals surface area (Å²) < 4.78 is 5.81. The minimum absolute atomic E-state index is 0.0784. The molecule has 1 atom stereocenters. The van der Waals surface area contributed by atoms with Gasteiger partial charge in [-0.1, -0.05) is 48.5 Å². The summed E-state index contributed by atoms with van der Waals surface area (Å²) >= 11 is 0. The Balaban J connectivity index is 1.51. The molecular weight excluding hydrogens is 400 g/mol. The van der Waals surface area contributed by atoms with Crippen LogP contribution in [0, 0.1) is 20.2 Å². The lowest BCUT2D eigenvalue weighted by Gasteiger charge is -2.44. The normalized spacial score (nSPS) is 20.5. The van der Waals surface area contributed by atoms with Crippen LogP contribution in [0.4, 0.5) is 11.4 Å². The smallest absolute Gasteiger partial charge is 0.338 e. The minimum atomic E-state index is -0.806. The number of rotatable bonds is 4. The Morgan fingerprint density at radius 1 is 0.806 bits per heavy atom. The van der Waals surface area contributed by atoms with E-state index in [1.165, 1.54) is 11.1 Å². The second-order valence-corrected chi connectivity index (χ2v) is 7.72. The second kappa shape index (κ2) is 7.02. The Labute approximate surface area is 176 Å². The first-order valence-corrected chi connectivity index (χ1v) is 9.76. The van der Waals surface area contributed by atoms with Crippen molar-refractivity contribution >= 4 is 17.3 Å². The summed E-state index contributed by atoms with van der Waals surface area (Å²) in [6.45, 7) is 0. The summed E-state index contributed by atoms with van der Waals surface area (Å²) in [4.78, 5) is 33.7. The van der Waals surface area contributed by atoms with Gasteiger partial charge < -0.3 is 4.74 Å². The summed E-state index contributed by atoms with van der Waals surface area (Å²) in [7, 11) is 0. The molecule has 0 unspecified atom stereocenters. The van der Waals surface area contributed by atoms with Gasteiger partial charge in [0.1, 0.15) is 6.10 Å². The highest BCUT2D eigenvalue weighted by Gasteiger charge is 2.45. The van der Waals surface area contributed by atoms with Crippen molar-refractivity contribution in [2.24, 2.45) is 0 Å². The van der Waals surface area contributed by atoms with Gasteiger partial charge >= 0.3 is 5.97 Å². The number of non-ortho nitro benzene ring substituents is 2. The van der Waals surface area contributed by atoms with Crippen molar-refractivity contribution in [2.45, 2.75) is 24.4 Å². The Morgan fingerprint density at radius 2 is 1.29 bits per heavy atom. The lowest BCUT2D eigenvalue weighted by molar-refractivity contribution is -0.394. The number of benzene rings is 3. The number of nitro benzene ring substituents is 2. The van der Waals surface area contributed by atoms with Crippen LogP contribution in [0.3, 0.4) is 0 Å². The van der Waals surface area contributed by atoms with E-state index in [1.54, 1.807) is 0 Å². The van der Waals surface area contributed by atoms with Gasteiger partial charge in [0.25, 0.3) is 11.4 Å². The molecule has 0 amide bonds. The largest absolute Gasteiger partial charge is 0.458 e. The molecule has 6 rings (SSSR count). The first kappa shape index (κ1) is 18.9. The van der Waals surface area contributed by atoms with Gasteiger partial charge in [0, 0.05) is 24.0 Å². The van der Waals surface area contributed by atoms with Crippen LogP contribution in [0.25, 0.3) is 0 Å². The molecule has 31 heavy (non-hydrogen) atoms. The van der Waals surface area contributed by atoms with Gasteiger partial charge in [-0.25, -0.2) is 4.79 Å². The molecule has 2 bridgehead atoms. The highest BCUT2D eigenvalue weighted by molar-refractivity contribution is 5.91. The summed E-state index contributed by atoms with van der Waals surface area (Å²) in [6, 6.07) is 19.0. The van der Waals surface area contributed by atoms with E-state index >= 15 is 0 Å². The third kappa shape index (κ3) is 3.04. The summed E-state index contributed by atoms with van der Waals surface area (Å²) in [5.74, 6) is -0.885. The van der Waals surface area contributed by atoms with Crippen molar-refractivity contribution in [3.63, 3.8) is 0 Å². The van der Waals surface area contributed by atoms with Gasteiger partial charge in [0.15, 0.2) is 0 Å². The molecule has 8 nitrogen and oxygen atoms in total. The number of nitrogens with zero attached hydrogens (tertiary/aromatic N) is 2. The summed E-state index contributed by atoms with van der Waals surface area (Å²) in [5, 5.41) is 22.3. The molecule has 0 saturated carbocycles. The zero-order valence-corrected chi connectivity index (χ0v) is 16.1. The predicted octanol–water partition coefficient (Wildman–Crippen LogP) is 4.71. The van der Waals surface area contributed by atoms with E-state index in [2.05, 4.69) is 12.1 Å². The SMILES string of the molecule is O=C(O[C@@H]1CC2c3ccccc3C1c1ccccc12)c1cc([N+](=O)[O-])cc([N+](=O)[O-])c1. The number of ether oxygens (including phenoxy) is 1. The molecule has 154 valence electrons. The van der Waals surface area contributed by atoms with Crippen LogP contribution < -0.4 is 0 Å². The molecule has 0 fully saturated rings. The molecular formula is C23H16N2O6. The molecule has 0 spiro atoms. The van der Waals surface area contributed by atoms with Gasteiger partial charge in [0.05, 0.1) is 21.5 Å². The number of fused-ring (bicyclic) bond motifs is 1. The summed E-state index contributed by atoms with van der Waals surface area (Å²) in [5.41, 5.74) is 3.36. The number of carbonyl (C=O) groups excluding carboxylic acids is 1. The van der Waals surface area contributed by atoms with Gasteiger partial charge in [-0.3, -0.25) is 20.2 Å². The van der Waals surface area contributed by atoms with Gasteiger partial charge in [-0.15, -0.1) is 0 Å². The van der Waals surface area contributed by atoms with E-state index in [9.17, 15) is 25.0 Å². The average molecular weight is 416 g/mol. The van der Waals surface area contributed by atoms with Crippen LogP contribution in [0.15, 0.2) is 66.7 Å². The lowest BCUT2D eigenvalue weighted by Crippen LogP contribution is -2.38. The van der Waals surface area contributed by atoms with Crippen molar-refractivity contribution in [1.82, 2.24) is 0 Å². The molecule has 0 radical (unpaired) electrons. The Bertz CT molecular complexity index is 1170. The van der Waals surface area contributed by atoms with E-state index in [0.717, 1.165) is 29.3 Å². The molecule has 0 aromatic heterocycles. The van der Waals surface area contributed by atoms with Crippen LogP contribution in [-0.2, 0) is 4.74 Å². The molecule has 3 aliphatic rings. The fraction of sp³-hybridized carbons (Fsp3) is 0.174. The van der Waals surface area contributed by atoms with Crippen LogP contribution in [0.1, 0.15) is 50.9 Å².